The lowest BCUT2D eigenvalue weighted by molar-refractivity contribution is 0.495. The van der Waals surface area contributed by atoms with Crippen LogP contribution in [-0.2, 0) is 6.42 Å². The van der Waals surface area contributed by atoms with E-state index >= 15 is 0 Å². The molecular weight excluding hydrogens is 252 g/mol. The van der Waals surface area contributed by atoms with Crippen molar-refractivity contribution in [1.82, 2.24) is 20.5 Å². The molecular formula is C15H16N4O. The Hall–Kier alpha value is -2.27. The van der Waals surface area contributed by atoms with Crippen molar-refractivity contribution < 1.29 is 4.42 Å². The summed E-state index contributed by atoms with van der Waals surface area (Å²) in [5, 5.41) is 12.4. The maximum Gasteiger partial charge on any atom is 0.266 e. The zero-order valence-corrected chi connectivity index (χ0v) is 11.3. The highest BCUT2D eigenvalue weighted by atomic mass is 16.4. The molecule has 5 heteroatoms. The van der Waals surface area contributed by atoms with Crippen molar-refractivity contribution in [3.8, 4) is 11.6 Å². The van der Waals surface area contributed by atoms with Gasteiger partial charge in [-0.2, -0.15) is 0 Å². The van der Waals surface area contributed by atoms with Gasteiger partial charge in [-0.15, -0.1) is 10.2 Å². The molecule has 0 atom stereocenters. The van der Waals surface area contributed by atoms with Crippen molar-refractivity contribution in [2.75, 3.05) is 13.1 Å². The SMILES string of the molecule is CCNCCc1nnc(-c2ccc3ccccc3n2)o1. The molecule has 1 N–H and O–H groups in total. The minimum atomic E-state index is 0.474. The van der Waals surface area contributed by atoms with Crippen LogP contribution >= 0.6 is 0 Å². The first-order valence-electron chi connectivity index (χ1n) is 6.76. The third-order valence-electron chi connectivity index (χ3n) is 3.05. The van der Waals surface area contributed by atoms with Crippen molar-refractivity contribution in [1.29, 1.82) is 0 Å². The van der Waals surface area contributed by atoms with E-state index in [1.165, 1.54) is 0 Å². The number of para-hydroxylation sites is 1. The molecule has 0 aliphatic rings. The van der Waals surface area contributed by atoms with Gasteiger partial charge in [0.2, 0.25) is 5.89 Å². The lowest BCUT2D eigenvalue weighted by atomic mass is 10.2. The molecule has 3 aromatic rings. The lowest BCUT2D eigenvalue weighted by Crippen LogP contribution is -2.16. The highest BCUT2D eigenvalue weighted by Gasteiger charge is 2.10. The molecule has 0 radical (unpaired) electrons. The van der Waals surface area contributed by atoms with Gasteiger partial charge in [-0.3, -0.25) is 0 Å². The van der Waals surface area contributed by atoms with Crippen molar-refractivity contribution in [3.05, 3.63) is 42.3 Å². The fourth-order valence-electron chi connectivity index (χ4n) is 2.02. The highest BCUT2D eigenvalue weighted by Crippen LogP contribution is 2.19. The zero-order valence-electron chi connectivity index (χ0n) is 11.3. The number of fused-ring (bicyclic) bond motifs is 1. The summed E-state index contributed by atoms with van der Waals surface area (Å²) in [6, 6.07) is 11.9. The number of benzene rings is 1. The minimum Gasteiger partial charge on any atom is -0.419 e. The molecule has 2 heterocycles. The van der Waals surface area contributed by atoms with Gasteiger partial charge in [0.15, 0.2) is 0 Å². The second kappa shape index (κ2) is 5.79. The topological polar surface area (TPSA) is 63.8 Å². The molecule has 0 aliphatic carbocycles. The summed E-state index contributed by atoms with van der Waals surface area (Å²) in [7, 11) is 0. The largest absolute Gasteiger partial charge is 0.419 e. The Bertz CT molecular complexity index is 708. The molecule has 0 bridgehead atoms. The number of aromatic nitrogens is 3. The Labute approximate surface area is 117 Å². The second-order valence-corrected chi connectivity index (χ2v) is 4.49. The van der Waals surface area contributed by atoms with Crippen LogP contribution in [0.15, 0.2) is 40.8 Å². The summed E-state index contributed by atoms with van der Waals surface area (Å²) < 4.78 is 5.64. The summed E-state index contributed by atoms with van der Waals surface area (Å²) in [5.41, 5.74) is 1.64. The molecule has 0 unspecified atom stereocenters. The average molecular weight is 268 g/mol. The number of hydrogen-bond donors (Lipinski definition) is 1. The summed E-state index contributed by atoms with van der Waals surface area (Å²) in [6.45, 7) is 3.84. The predicted octanol–water partition coefficient (Wildman–Crippen LogP) is 2.44. The Morgan fingerprint density at radius 3 is 2.90 bits per heavy atom. The molecule has 3 rings (SSSR count). The minimum absolute atomic E-state index is 0.474. The molecule has 2 aromatic heterocycles. The van der Waals surface area contributed by atoms with E-state index in [0.29, 0.717) is 17.5 Å². The molecule has 5 nitrogen and oxygen atoms in total. The van der Waals surface area contributed by atoms with E-state index in [2.05, 4.69) is 27.4 Å². The van der Waals surface area contributed by atoms with Gasteiger partial charge < -0.3 is 9.73 Å². The third kappa shape index (κ3) is 2.67. The number of hydrogen-bond acceptors (Lipinski definition) is 5. The van der Waals surface area contributed by atoms with E-state index in [1.807, 2.05) is 36.4 Å². The van der Waals surface area contributed by atoms with Crippen molar-refractivity contribution in [3.63, 3.8) is 0 Å². The molecule has 0 aliphatic heterocycles. The lowest BCUT2D eigenvalue weighted by Gasteiger charge is -1.99. The molecule has 0 amide bonds. The fraction of sp³-hybridized carbons (Fsp3) is 0.267. The van der Waals surface area contributed by atoms with Gasteiger partial charge in [0.25, 0.3) is 5.89 Å². The van der Waals surface area contributed by atoms with E-state index in [-0.39, 0.29) is 0 Å². The number of pyridine rings is 1. The molecule has 0 fully saturated rings. The van der Waals surface area contributed by atoms with Crippen LogP contribution in [0.1, 0.15) is 12.8 Å². The number of nitrogens with one attached hydrogen (secondary N) is 1. The predicted molar refractivity (Wildman–Crippen MR) is 77.3 cm³/mol. The van der Waals surface area contributed by atoms with Crippen LogP contribution in [0.2, 0.25) is 0 Å². The monoisotopic (exact) mass is 268 g/mol. The zero-order chi connectivity index (χ0) is 13.8. The first-order valence-corrected chi connectivity index (χ1v) is 6.76. The van der Waals surface area contributed by atoms with Gasteiger partial charge in [0, 0.05) is 18.4 Å². The van der Waals surface area contributed by atoms with Crippen LogP contribution in [0.4, 0.5) is 0 Å². The van der Waals surface area contributed by atoms with E-state index in [4.69, 9.17) is 4.42 Å². The van der Waals surface area contributed by atoms with Crippen LogP contribution in [0.3, 0.4) is 0 Å². The first kappa shape index (κ1) is 12.7. The highest BCUT2D eigenvalue weighted by molar-refractivity contribution is 5.80. The van der Waals surface area contributed by atoms with Gasteiger partial charge in [-0.1, -0.05) is 31.2 Å². The van der Waals surface area contributed by atoms with Gasteiger partial charge in [0.1, 0.15) is 5.69 Å². The van der Waals surface area contributed by atoms with Crippen LogP contribution in [-0.4, -0.2) is 28.3 Å². The average Bonchev–Trinajstić information content (AvgIpc) is 2.96. The van der Waals surface area contributed by atoms with Gasteiger partial charge in [-0.25, -0.2) is 4.98 Å². The van der Waals surface area contributed by atoms with E-state index in [9.17, 15) is 0 Å². The van der Waals surface area contributed by atoms with Crippen molar-refractivity contribution in [2.24, 2.45) is 0 Å². The normalized spacial score (nSPS) is 11.1. The van der Waals surface area contributed by atoms with Crippen LogP contribution in [0.25, 0.3) is 22.5 Å². The molecule has 1 aromatic carbocycles. The van der Waals surface area contributed by atoms with Gasteiger partial charge in [0.05, 0.1) is 5.52 Å². The maximum atomic E-state index is 5.64. The fourth-order valence-corrected chi connectivity index (χ4v) is 2.02. The Balaban J connectivity index is 1.83. The standard InChI is InChI=1S/C15H16N4O/c1-2-16-10-9-14-18-19-15(20-14)13-8-7-11-5-3-4-6-12(11)17-13/h3-8,16H,2,9-10H2,1H3. The molecule has 0 spiro atoms. The van der Waals surface area contributed by atoms with E-state index in [1.54, 1.807) is 0 Å². The third-order valence-corrected chi connectivity index (χ3v) is 3.05. The number of rotatable bonds is 5. The van der Waals surface area contributed by atoms with Gasteiger partial charge >= 0.3 is 0 Å². The van der Waals surface area contributed by atoms with Crippen LogP contribution < -0.4 is 5.32 Å². The Morgan fingerprint density at radius 2 is 2.00 bits per heavy atom. The van der Waals surface area contributed by atoms with E-state index in [0.717, 1.165) is 30.4 Å². The molecule has 0 saturated carbocycles. The quantitative estimate of drug-likeness (QED) is 0.720. The Kier molecular flexibility index (Phi) is 3.69. The molecule has 102 valence electrons. The summed E-state index contributed by atoms with van der Waals surface area (Å²) in [5.74, 6) is 1.11. The maximum absolute atomic E-state index is 5.64. The first-order chi connectivity index (χ1) is 9.86. The number of nitrogens with zero attached hydrogens (tertiary/aromatic N) is 3. The van der Waals surface area contributed by atoms with Crippen molar-refractivity contribution >= 4 is 10.9 Å². The second-order valence-electron chi connectivity index (χ2n) is 4.49. The van der Waals surface area contributed by atoms with Crippen LogP contribution in [0.5, 0.6) is 0 Å². The summed E-state index contributed by atoms with van der Waals surface area (Å²) in [4.78, 5) is 4.54. The Morgan fingerprint density at radius 1 is 1.10 bits per heavy atom. The smallest absolute Gasteiger partial charge is 0.266 e. The summed E-state index contributed by atoms with van der Waals surface area (Å²) in [6.07, 6.45) is 0.731. The van der Waals surface area contributed by atoms with E-state index < -0.39 is 0 Å². The molecule has 0 saturated heterocycles. The molecule has 20 heavy (non-hydrogen) atoms. The summed E-state index contributed by atoms with van der Waals surface area (Å²) >= 11 is 0. The van der Waals surface area contributed by atoms with Crippen LogP contribution in [0, 0.1) is 0 Å². The van der Waals surface area contributed by atoms with Gasteiger partial charge in [-0.05, 0) is 18.7 Å². The number of likely N-dealkylation sites (N-methyl/N-ethyl adjacent to an activating group) is 1. The van der Waals surface area contributed by atoms with Crippen molar-refractivity contribution in [2.45, 2.75) is 13.3 Å².